The minimum Gasteiger partial charge on any atom is -0.380 e. The van der Waals surface area contributed by atoms with Crippen LogP contribution in [0.5, 0.6) is 0 Å². The normalized spacial score (nSPS) is 10.6. The van der Waals surface area contributed by atoms with Crippen LogP contribution >= 0.6 is 23.2 Å². The van der Waals surface area contributed by atoms with Crippen LogP contribution in [-0.4, -0.2) is 19.8 Å². The summed E-state index contributed by atoms with van der Waals surface area (Å²) >= 11 is 11.7. The summed E-state index contributed by atoms with van der Waals surface area (Å²) in [7, 11) is 0. The Balaban J connectivity index is 2.28. The van der Waals surface area contributed by atoms with Gasteiger partial charge in [-0.25, -0.2) is 0 Å². The van der Waals surface area contributed by atoms with Crippen LogP contribution in [-0.2, 0) is 11.3 Å². The number of hydrogen-bond donors (Lipinski definition) is 1. The van der Waals surface area contributed by atoms with Crippen LogP contribution < -0.4 is 5.32 Å². The maximum Gasteiger partial charge on any atom is 0.0595 e. The van der Waals surface area contributed by atoms with Gasteiger partial charge >= 0.3 is 0 Å². The third kappa shape index (κ3) is 4.85. The van der Waals surface area contributed by atoms with Crippen LogP contribution in [0.3, 0.4) is 0 Å². The smallest absolute Gasteiger partial charge is 0.0595 e. The van der Waals surface area contributed by atoms with Gasteiger partial charge in [-0.05, 0) is 24.6 Å². The highest BCUT2D eigenvalue weighted by atomic mass is 35.5. The van der Waals surface area contributed by atoms with E-state index in [-0.39, 0.29) is 0 Å². The summed E-state index contributed by atoms with van der Waals surface area (Å²) in [5, 5.41) is 4.45. The average molecular weight is 248 g/mol. The molecule has 0 aliphatic rings. The number of nitrogens with one attached hydrogen (secondary N) is 1. The van der Waals surface area contributed by atoms with Gasteiger partial charge in [0, 0.05) is 19.7 Å². The van der Waals surface area contributed by atoms with E-state index in [4.69, 9.17) is 27.9 Å². The second-order valence-electron chi connectivity index (χ2n) is 3.12. The lowest BCUT2D eigenvalue weighted by atomic mass is 10.2. The summed E-state index contributed by atoms with van der Waals surface area (Å²) in [6.07, 6.45) is 0. The van der Waals surface area contributed by atoms with E-state index in [0.29, 0.717) is 10.0 Å². The lowest BCUT2D eigenvalue weighted by Gasteiger charge is -2.05. The van der Waals surface area contributed by atoms with E-state index in [9.17, 15) is 0 Å². The highest BCUT2D eigenvalue weighted by molar-refractivity contribution is 6.42. The van der Waals surface area contributed by atoms with Crippen LogP contribution in [0.2, 0.25) is 10.0 Å². The fourth-order valence-corrected chi connectivity index (χ4v) is 1.49. The van der Waals surface area contributed by atoms with E-state index in [1.165, 1.54) is 0 Å². The summed E-state index contributed by atoms with van der Waals surface area (Å²) in [6.45, 7) is 5.10. The van der Waals surface area contributed by atoms with Crippen molar-refractivity contribution in [2.24, 2.45) is 0 Å². The Morgan fingerprint density at radius 1 is 1.27 bits per heavy atom. The number of halogens is 2. The third-order valence-corrected chi connectivity index (χ3v) is 2.68. The van der Waals surface area contributed by atoms with Gasteiger partial charge in [0.1, 0.15) is 0 Å². The molecule has 1 N–H and O–H groups in total. The van der Waals surface area contributed by atoms with Gasteiger partial charge in [0.25, 0.3) is 0 Å². The SMILES string of the molecule is CCOCCNCc1ccc(Cl)c(Cl)c1. The predicted molar refractivity (Wildman–Crippen MR) is 64.7 cm³/mol. The van der Waals surface area contributed by atoms with Crippen molar-refractivity contribution in [3.63, 3.8) is 0 Å². The van der Waals surface area contributed by atoms with Crippen molar-refractivity contribution in [2.45, 2.75) is 13.5 Å². The summed E-state index contributed by atoms with van der Waals surface area (Å²) < 4.78 is 5.20. The van der Waals surface area contributed by atoms with Crippen molar-refractivity contribution in [2.75, 3.05) is 19.8 Å². The van der Waals surface area contributed by atoms with Gasteiger partial charge < -0.3 is 10.1 Å². The molecular weight excluding hydrogens is 233 g/mol. The van der Waals surface area contributed by atoms with Gasteiger partial charge in [-0.15, -0.1) is 0 Å². The summed E-state index contributed by atoms with van der Waals surface area (Å²) in [5.74, 6) is 0. The van der Waals surface area contributed by atoms with Crippen molar-refractivity contribution >= 4 is 23.2 Å². The lowest BCUT2D eigenvalue weighted by Crippen LogP contribution is -2.19. The molecule has 2 nitrogen and oxygen atoms in total. The Hall–Kier alpha value is -0.280. The van der Waals surface area contributed by atoms with Gasteiger partial charge in [-0.3, -0.25) is 0 Å². The van der Waals surface area contributed by atoms with E-state index in [1.54, 1.807) is 0 Å². The van der Waals surface area contributed by atoms with E-state index >= 15 is 0 Å². The number of benzene rings is 1. The minimum atomic E-state index is 0.592. The molecule has 0 aromatic heterocycles. The van der Waals surface area contributed by atoms with Crippen molar-refractivity contribution in [1.82, 2.24) is 5.32 Å². The molecule has 1 aromatic rings. The largest absolute Gasteiger partial charge is 0.380 e. The molecule has 0 saturated carbocycles. The summed E-state index contributed by atoms with van der Waals surface area (Å²) in [4.78, 5) is 0. The Bertz CT molecular complexity index is 305. The molecule has 0 unspecified atom stereocenters. The molecule has 1 aromatic carbocycles. The molecule has 0 saturated heterocycles. The monoisotopic (exact) mass is 247 g/mol. The quantitative estimate of drug-likeness (QED) is 0.781. The van der Waals surface area contributed by atoms with Crippen molar-refractivity contribution in [3.05, 3.63) is 33.8 Å². The number of hydrogen-bond acceptors (Lipinski definition) is 2. The van der Waals surface area contributed by atoms with Gasteiger partial charge in [-0.2, -0.15) is 0 Å². The fraction of sp³-hybridized carbons (Fsp3) is 0.455. The molecule has 0 heterocycles. The highest BCUT2D eigenvalue weighted by Gasteiger charge is 1.98. The van der Waals surface area contributed by atoms with Crippen LogP contribution in [0, 0.1) is 0 Å². The van der Waals surface area contributed by atoms with Gasteiger partial charge in [0.2, 0.25) is 0 Å². The molecule has 84 valence electrons. The average Bonchev–Trinajstić information content (AvgIpc) is 2.23. The first-order valence-corrected chi connectivity index (χ1v) is 5.72. The molecule has 0 spiro atoms. The van der Waals surface area contributed by atoms with Crippen molar-refractivity contribution < 1.29 is 4.74 Å². The van der Waals surface area contributed by atoms with E-state index in [0.717, 1.165) is 31.9 Å². The molecule has 0 radical (unpaired) electrons. The molecule has 0 aliphatic heterocycles. The molecule has 15 heavy (non-hydrogen) atoms. The zero-order chi connectivity index (χ0) is 11.1. The predicted octanol–water partition coefficient (Wildman–Crippen LogP) is 3.12. The Morgan fingerprint density at radius 3 is 2.73 bits per heavy atom. The van der Waals surface area contributed by atoms with E-state index in [2.05, 4.69) is 5.32 Å². The molecule has 4 heteroatoms. The molecule has 0 fully saturated rings. The lowest BCUT2D eigenvalue weighted by molar-refractivity contribution is 0.149. The van der Waals surface area contributed by atoms with E-state index < -0.39 is 0 Å². The zero-order valence-electron chi connectivity index (χ0n) is 8.72. The van der Waals surface area contributed by atoms with Crippen LogP contribution in [0.15, 0.2) is 18.2 Å². The van der Waals surface area contributed by atoms with Gasteiger partial charge in [0.15, 0.2) is 0 Å². The maximum absolute atomic E-state index is 5.89. The number of rotatable bonds is 6. The molecule has 0 atom stereocenters. The minimum absolute atomic E-state index is 0.592. The molecule has 0 amide bonds. The second-order valence-corrected chi connectivity index (χ2v) is 3.94. The molecule has 0 bridgehead atoms. The topological polar surface area (TPSA) is 21.3 Å². The van der Waals surface area contributed by atoms with Crippen molar-refractivity contribution in [1.29, 1.82) is 0 Å². The Kier molecular flexibility index (Phi) is 6.03. The summed E-state index contributed by atoms with van der Waals surface area (Å²) in [6, 6.07) is 5.64. The zero-order valence-corrected chi connectivity index (χ0v) is 10.2. The molecule has 0 aliphatic carbocycles. The first kappa shape index (κ1) is 12.8. The van der Waals surface area contributed by atoms with E-state index in [1.807, 2.05) is 25.1 Å². The molecular formula is C11H15Cl2NO. The molecule has 1 rings (SSSR count). The number of ether oxygens (including phenoxy) is 1. The second kappa shape index (κ2) is 7.07. The third-order valence-electron chi connectivity index (χ3n) is 1.94. The first-order chi connectivity index (χ1) is 7.24. The maximum atomic E-state index is 5.89. The van der Waals surface area contributed by atoms with Crippen LogP contribution in [0.4, 0.5) is 0 Å². The fourth-order valence-electron chi connectivity index (χ4n) is 1.17. The van der Waals surface area contributed by atoms with Crippen molar-refractivity contribution in [3.8, 4) is 0 Å². The first-order valence-electron chi connectivity index (χ1n) is 4.96. The highest BCUT2D eigenvalue weighted by Crippen LogP contribution is 2.22. The Morgan fingerprint density at radius 2 is 2.07 bits per heavy atom. The standard InChI is InChI=1S/C11H15Cl2NO/c1-2-15-6-5-14-8-9-3-4-10(12)11(13)7-9/h3-4,7,14H,2,5-6,8H2,1H3. The Labute approximate surface area is 101 Å². The van der Waals surface area contributed by atoms with Gasteiger partial charge in [-0.1, -0.05) is 29.3 Å². The van der Waals surface area contributed by atoms with Crippen LogP contribution in [0.25, 0.3) is 0 Å². The summed E-state index contributed by atoms with van der Waals surface area (Å²) in [5.41, 5.74) is 1.13. The van der Waals surface area contributed by atoms with Gasteiger partial charge in [0.05, 0.1) is 16.7 Å². The van der Waals surface area contributed by atoms with Crippen LogP contribution in [0.1, 0.15) is 12.5 Å².